The Balaban J connectivity index is 2.28. The van der Waals surface area contributed by atoms with Gasteiger partial charge in [-0.05, 0) is 46.5 Å². The van der Waals surface area contributed by atoms with Gasteiger partial charge in [-0.25, -0.2) is 9.78 Å². The largest absolute Gasteiger partial charge is 0.476 e. The maximum atomic E-state index is 11.9. The van der Waals surface area contributed by atoms with Crippen LogP contribution in [0.1, 0.15) is 32.8 Å². The van der Waals surface area contributed by atoms with Crippen molar-refractivity contribution in [2.45, 2.75) is 39.3 Å². The number of nitrogens with zero attached hydrogens (tertiary/aromatic N) is 2. The first kappa shape index (κ1) is 21.7. The molecule has 0 aliphatic carbocycles. The third-order valence-corrected chi connectivity index (χ3v) is 3.10. The highest BCUT2D eigenvalue weighted by Gasteiger charge is 2.15. The van der Waals surface area contributed by atoms with Crippen molar-refractivity contribution in [1.29, 1.82) is 0 Å². The van der Waals surface area contributed by atoms with Crippen molar-refractivity contribution in [2.24, 2.45) is 0 Å². The topological polar surface area (TPSA) is 92.8 Å². The number of carbonyl (C=O) groups is 2. The summed E-state index contributed by atoms with van der Waals surface area (Å²) in [6.45, 7) is 7.29. The van der Waals surface area contributed by atoms with Crippen molar-refractivity contribution in [1.82, 2.24) is 20.5 Å². The molecule has 0 saturated carbocycles. The Bertz CT molecular complexity index is 585. The summed E-state index contributed by atoms with van der Waals surface area (Å²) in [5.74, 6) is 0.373. The Morgan fingerprint density at radius 3 is 2.62 bits per heavy atom. The Labute approximate surface area is 155 Å². The lowest BCUT2D eigenvalue weighted by atomic mass is 10.2. The van der Waals surface area contributed by atoms with Crippen LogP contribution in [0.4, 0.5) is 4.79 Å². The lowest BCUT2D eigenvalue weighted by Gasteiger charge is -2.19. The fourth-order valence-electron chi connectivity index (χ4n) is 1.85. The second-order valence-corrected chi connectivity index (χ2v) is 7.11. The lowest BCUT2D eigenvalue weighted by molar-refractivity contribution is -0.121. The molecule has 8 heteroatoms. The number of carbonyl (C=O) groups excluding carboxylic acids is 2. The number of nitrogens with one attached hydrogen (secondary N) is 2. The van der Waals surface area contributed by atoms with Crippen LogP contribution in [0.3, 0.4) is 0 Å². The van der Waals surface area contributed by atoms with Crippen molar-refractivity contribution in [2.75, 3.05) is 33.8 Å². The van der Waals surface area contributed by atoms with Crippen LogP contribution in [0.15, 0.2) is 18.3 Å². The second kappa shape index (κ2) is 10.6. The first-order valence-electron chi connectivity index (χ1n) is 8.62. The minimum absolute atomic E-state index is 0.159. The van der Waals surface area contributed by atoms with E-state index in [9.17, 15) is 9.59 Å². The molecule has 0 atom stereocenters. The molecule has 0 aromatic carbocycles. The van der Waals surface area contributed by atoms with E-state index in [-0.39, 0.29) is 18.9 Å². The predicted octanol–water partition coefficient (Wildman–Crippen LogP) is 1.55. The van der Waals surface area contributed by atoms with E-state index >= 15 is 0 Å². The van der Waals surface area contributed by atoms with Crippen molar-refractivity contribution >= 4 is 12.0 Å². The zero-order chi connectivity index (χ0) is 19.6. The van der Waals surface area contributed by atoms with Crippen LogP contribution in [0, 0.1) is 0 Å². The van der Waals surface area contributed by atoms with Gasteiger partial charge in [-0.2, -0.15) is 0 Å². The van der Waals surface area contributed by atoms with E-state index in [4.69, 9.17) is 9.47 Å². The van der Waals surface area contributed by atoms with E-state index in [0.29, 0.717) is 19.0 Å². The molecule has 26 heavy (non-hydrogen) atoms. The van der Waals surface area contributed by atoms with Crippen LogP contribution in [-0.2, 0) is 16.1 Å². The summed E-state index contributed by atoms with van der Waals surface area (Å²) >= 11 is 0. The molecule has 0 saturated heterocycles. The molecule has 0 spiro atoms. The van der Waals surface area contributed by atoms with Crippen molar-refractivity contribution in [3.8, 4) is 5.88 Å². The van der Waals surface area contributed by atoms with E-state index in [0.717, 1.165) is 12.1 Å². The van der Waals surface area contributed by atoms with E-state index in [2.05, 4.69) is 15.6 Å². The van der Waals surface area contributed by atoms with Crippen LogP contribution in [0.2, 0.25) is 0 Å². The summed E-state index contributed by atoms with van der Waals surface area (Å²) in [5.41, 5.74) is 0.341. The Kier molecular flexibility index (Phi) is 8.84. The fourth-order valence-corrected chi connectivity index (χ4v) is 1.85. The monoisotopic (exact) mass is 366 g/mol. The minimum Gasteiger partial charge on any atom is -0.476 e. The van der Waals surface area contributed by atoms with Crippen molar-refractivity contribution < 1.29 is 19.1 Å². The molecule has 0 bridgehead atoms. The normalized spacial score (nSPS) is 11.2. The van der Waals surface area contributed by atoms with Gasteiger partial charge in [0, 0.05) is 38.3 Å². The lowest BCUT2D eigenvalue weighted by Crippen LogP contribution is -2.35. The predicted molar refractivity (Wildman–Crippen MR) is 99.0 cm³/mol. The number of likely N-dealkylation sites (N-methyl/N-ethyl adjacent to an activating group) is 1. The molecule has 146 valence electrons. The van der Waals surface area contributed by atoms with Gasteiger partial charge in [0.05, 0.1) is 0 Å². The number of hydrogen-bond donors (Lipinski definition) is 2. The quantitative estimate of drug-likeness (QED) is 0.689. The van der Waals surface area contributed by atoms with Gasteiger partial charge in [0.25, 0.3) is 0 Å². The van der Waals surface area contributed by atoms with E-state index in [1.807, 2.05) is 25.1 Å². The highest BCUT2D eigenvalue weighted by molar-refractivity contribution is 5.77. The first-order valence-corrected chi connectivity index (χ1v) is 8.62. The maximum absolute atomic E-state index is 11.9. The Morgan fingerprint density at radius 1 is 1.23 bits per heavy atom. The number of amides is 2. The van der Waals surface area contributed by atoms with Gasteiger partial charge in [-0.3, -0.25) is 4.79 Å². The van der Waals surface area contributed by atoms with Gasteiger partial charge in [0.15, 0.2) is 0 Å². The number of rotatable bonds is 9. The van der Waals surface area contributed by atoms with Gasteiger partial charge in [-0.15, -0.1) is 0 Å². The van der Waals surface area contributed by atoms with Gasteiger partial charge >= 0.3 is 6.09 Å². The zero-order valence-corrected chi connectivity index (χ0v) is 16.3. The second-order valence-electron chi connectivity index (χ2n) is 7.11. The van der Waals surface area contributed by atoms with Crippen molar-refractivity contribution in [3.05, 3.63) is 23.9 Å². The molecule has 1 heterocycles. The van der Waals surface area contributed by atoms with Crippen LogP contribution >= 0.6 is 0 Å². The van der Waals surface area contributed by atoms with Gasteiger partial charge in [0.2, 0.25) is 11.8 Å². The zero-order valence-electron chi connectivity index (χ0n) is 16.3. The van der Waals surface area contributed by atoms with Crippen LogP contribution in [0.5, 0.6) is 5.88 Å². The molecule has 2 N–H and O–H groups in total. The molecule has 2 amide bonds. The molecule has 8 nitrogen and oxygen atoms in total. The van der Waals surface area contributed by atoms with Crippen LogP contribution < -0.4 is 15.4 Å². The van der Waals surface area contributed by atoms with Gasteiger partial charge in [0.1, 0.15) is 12.2 Å². The molecule has 1 aromatic rings. The molecule has 0 radical (unpaired) electrons. The molecular weight excluding hydrogens is 336 g/mol. The van der Waals surface area contributed by atoms with E-state index in [1.54, 1.807) is 33.0 Å². The fraction of sp³-hybridized carbons (Fsp3) is 0.611. The number of ether oxygens (including phenoxy) is 2. The summed E-state index contributed by atoms with van der Waals surface area (Å²) in [7, 11) is 3.95. The molecular formula is C18H30N4O4. The maximum Gasteiger partial charge on any atom is 0.407 e. The van der Waals surface area contributed by atoms with Gasteiger partial charge in [-0.1, -0.05) is 0 Å². The SMILES string of the molecule is CN(C)CCOc1cc(CNC(=O)CCNC(=O)OC(C)(C)C)ccn1. The summed E-state index contributed by atoms with van der Waals surface area (Å²) in [5, 5.41) is 5.35. The Hall–Kier alpha value is -2.35. The van der Waals surface area contributed by atoms with E-state index < -0.39 is 11.7 Å². The third kappa shape index (κ3) is 10.5. The minimum atomic E-state index is -0.556. The summed E-state index contributed by atoms with van der Waals surface area (Å²) in [6.07, 6.45) is 1.30. The number of alkyl carbamates (subject to hydrolysis) is 1. The van der Waals surface area contributed by atoms with Crippen LogP contribution in [-0.4, -0.2) is 61.3 Å². The molecule has 0 fully saturated rings. The summed E-state index contributed by atoms with van der Waals surface area (Å²) in [6, 6.07) is 3.62. The van der Waals surface area contributed by atoms with Crippen LogP contribution in [0.25, 0.3) is 0 Å². The van der Waals surface area contributed by atoms with Crippen molar-refractivity contribution in [3.63, 3.8) is 0 Å². The molecule has 1 rings (SSSR count). The molecule has 0 aliphatic heterocycles. The molecule has 0 aliphatic rings. The third-order valence-electron chi connectivity index (χ3n) is 3.10. The average Bonchev–Trinajstić information content (AvgIpc) is 2.51. The standard InChI is InChI=1S/C18H30N4O4/c1-18(2,3)26-17(24)20-9-7-15(23)21-13-14-6-8-19-16(12-14)25-11-10-22(4)5/h6,8,12H,7,9-11,13H2,1-5H3,(H,20,24)(H,21,23). The number of pyridine rings is 1. The molecule has 0 unspecified atom stereocenters. The average molecular weight is 366 g/mol. The Morgan fingerprint density at radius 2 is 1.96 bits per heavy atom. The van der Waals surface area contributed by atoms with E-state index in [1.165, 1.54) is 0 Å². The smallest absolute Gasteiger partial charge is 0.407 e. The molecule has 1 aromatic heterocycles. The number of hydrogen-bond acceptors (Lipinski definition) is 6. The summed E-state index contributed by atoms with van der Waals surface area (Å²) in [4.78, 5) is 29.5. The highest BCUT2D eigenvalue weighted by atomic mass is 16.6. The summed E-state index contributed by atoms with van der Waals surface area (Å²) < 4.78 is 10.7. The first-order chi connectivity index (χ1) is 12.2. The number of aromatic nitrogens is 1. The highest BCUT2D eigenvalue weighted by Crippen LogP contribution is 2.09. The van der Waals surface area contributed by atoms with Gasteiger partial charge < -0.3 is 25.0 Å².